The summed E-state index contributed by atoms with van der Waals surface area (Å²) in [4.78, 5) is 0. The summed E-state index contributed by atoms with van der Waals surface area (Å²) in [5.74, 6) is 0. The summed E-state index contributed by atoms with van der Waals surface area (Å²) in [6.45, 7) is 1.59. The van der Waals surface area contributed by atoms with Crippen molar-refractivity contribution in [1.29, 1.82) is 0 Å². The average molecular weight is 244 g/mol. The van der Waals surface area contributed by atoms with Crippen LogP contribution in [0, 0.1) is 0 Å². The molecule has 0 bridgehead atoms. The van der Waals surface area contributed by atoms with Gasteiger partial charge in [0, 0.05) is 6.54 Å². The van der Waals surface area contributed by atoms with Crippen molar-refractivity contribution in [3.63, 3.8) is 0 Å². The lowest BCUT2D eigenvalue weighted by Gasteiger charge is -2.27. The maximum atomic E-state index is 5.81. The molecular formula is C13H16N4O. The first-order chi connectivity index (χ1) is 8.90. The van der Waals surface area contributed by atoms with Gasteiger partial charge in [-0.1, -0.05) is 12.1 Å². The summed E-state index contributed by atoms with van der Waals surface area (Å²) in [5.41, 5.74) is 3.76. The Morgan fingerprint density at radius 3 is 3.00 bits per heavy atom. The highest BCUT2D eigenvalue weighted by molar-refractivity contribution is 5.47. The van der Waals surface area contributed by atoms with Crippen molar-refractivity contribution in [2.75, 3.05) is 20.2 Å². The third-order valence-corrected chi connectivity index (χ3v) is 3.29. The number of hydrogen-bond acceptors (Lipinski definition) is 4. The minimum Gasteiger partial charge on any atom is -0.372 e. The van der Waals surface area contributed by atoms with Crippen LogP contribution in [-0.2, 0) is 11.2 Å². The number of hydrogen-bond donors (Lipinski definition) is 1. The molecule has 0 saturated carbocycles. The first kappa shape index (κ1) is 11.4. The Morgan fingerprint density at radius 1 is 1.39 bits per heavy atom. The molecule has 0 aliphatic carbocycles. The lowest BCUT2D eigenvalue weighted by Crippen LogP contribution is -2.26. The Kier molecular flexibility index (Phi) is 3.08. The maximum absolute atomic E-state index is 5.81. The van der Waals surface area contributed by atoms with Crippen molar-refractivity contribution < 1.29 is 4.74 Å². The number of nitrogens with zero attached hydrogens (tertiary/aromatic N) is 3. The number of benzene rings is 1. The van der Waals surface area contributed by atoms with E-state index in [9.17, 15) is 0 Å². The summed E-state index contributed by atoms with van der Waals surface area (Å²) >= 11 is 0. The minimum atomic E-state index is 0.134. The van der Waals surface area contributed by atoms with Crippen LogP contribution in [-0.4, -0.2) is 35.0 Å². The molecule has 0 spiro atoms. The summed E-state index contributed by atoms with van der Waals surface area (Å²) < 4.78 is 7.77. The van der Waals surface area contributed by atoms with Crippen molar-refractivity contribution in [1.82, 2.24) is 20.1 Å². The SMILES string of the molecule is CNC[C@H]1OCCc2c1cccc2-n1cnnc1. The second-order valence-corrected chi connectivity index (χ2v) is 4.38. The zero-order chi connectivity index (χ0) is 12.4. The molecule has 2 heterocycles. The van der Waals surface area contributed by atoms with Gasteiger partial charge in [0.2, 0.25) is 0 Å². The largest absolute Gasteiger partial charge is 0.372 e. The molecular weight excluding hydrogens is 228 g/mol. The molecule has 3 rings (SSSR count). The van der Waals surface area contributed by atoms with E-state index in [1.54, 1.807) is 12.7 Å². The van der Waals surface area contributed by atoms with Crippen LogP contribution in [0.25, 0.3) is 5.69 Å². The van der Waals surface area contributed by atoms with Crippen LogP contribution < -0.4 is 5.32 Å². The number of aromatic nitrogens is 3. The Balaban J connectivity index is 2.06. The molecule has 0 radical (unpaired) electrons. The smallest absolute Gasteiger partial charge is 0.123 e. The molecule has 2 aromatic rings. The fourth-order valence-electron chi connectivity index (χ4n) is 2.48. The standard InChI is InChI=1S/C13H16N4O/c1-14-7-13-11-3-2-4-12(10(11)5-6-18-13)17-8-15-16-9-17/h2-4,8-9,13-14H,5-7H2,1H3/t13-/m1/s1. The molecule has 1 atom stereocenters. The maximum Gasteiger partial charge on any atom is 0.123 e. The van der Waals surface area contributed by atoms with Crippen molar-refractivity contribution in [3.8, 4) is 5.69 Å². The molecule has 1 aliphatic rings. The Labute approximate surface area is 106 Å². The van der Waals surface area contributed by atoms with E-state index in [0.29, 0.717) is 0 Å². The van der Waals surface area contributed by atoms with Crippen LogP contribution in [0.1, 0.15) is 17.2 Å². The van der Waals surface area contributed by atoms with Gasteiger partial charge in [0.15, 0.2) is 0 Å². The molecule has 0 unspecified atom stereocenters. The lowest BCUT2D eigenvalue weighted by molar-refractivity contribution is 0.0438. The third-order valence-electron chi connectivity index (χ3n) is 3.29. The van der Waals surface area contributed by atoms with Crippen molar-refractivity contribution >= 4 is 0 Å². The molecule has 94 valence electrons. The van der Waals surface area contributed by atoms with E-state index >= 15 is 0 Å². The molecule has 1 N–H and O–H groups in total. The van der Waals surface area contributed by atoms with Gasteiger partial charge in [-0.15, -0.1) is 10.2 Å². The van der Waals surface area contributed by atoms with E-state index in [-0.39, 0.29) is 6.10 Å². The fraction of sp³-hybridized carbons (Fsp3) is 0.385. The van der Waals surface area contributed by atoms with Gasteiger partial charge in [0.25, 0.3) is 0 Å². The lowest BCUT2D eigenvalue weighted by atomic mass is 9.95. The Morgan fingerprint density at radius 2 is 2.22 bits per heavy atom. The van der Waals surface area contributed by atoms with Crippen LogP contribution in [0.3, 0.4) is 0 Å². The van der Waals surface area contributed by atoms with E-state index in [1.165, 1.54) is 11.1 Å². The van der Waals surface area contributed by atoms with Crippen LogP contribution in [0.2, 0.25) is 0 Å². The monoisotopic (exact) mass is 244 g/mol. The van der Waals surface area contributed by atoms with Gasteiger partial charge < -0.3 is 10.1 Å². The van der Waals surface area contributed by atoms with Gasteiger partial charge in [0.1, 0.15) is 12.7 Å². The molecule has 1 aromatic carbocycles. The number of ether oxygens (including phenoxy) is 1. The van der Waals surface area contributed by atoms with Gasteiger partial charge in [-0.2, -0.15) is 0 Å². The average Bonchev–Trinajstić information content (AvgIpc) is 2.93. The van der Waals surface area contributed by atoms with Crippen LogP contribution in [0.4, 0.5) is 0 Å². The van der Waals surface area contributed by atoms with Crippen LogP contribution >= 0.6 is 0 Å². The first-order valence-electron chi connectivity index (χ1n) is 6.13. The molecule has 0 fully saturated rings. The zero-order valence-electron chi connectivity index (χ0n) is 10.3. The topological polar surface area (TPSA) is 52.0 Å². The summed E-state index contributed by atoms with van der Waals surface area (Å²) in [7, 11) is 1.95. The molecule has 0 saturated heterocycles. The molecule has 5 heteroatoms. The van der Waals surface area contributed by atoms with Crippen LogP contribution in [0.5, 0.6) is 0 Å². The second kappa shape index (κ2) is 4.88. The van der Waals surface area contributed by atoms with Gasteiger partial charge in [0.05, 0.1) is 18.4 Å². The van der Waals surface area contributed by atoms with Gasteiger partial charge in [-0.3, -0.25) is 4.57 Å². The fourth-order valence-corrected chi connectivity index (χ4v) is 2.48. The minimum absolute atomic E-state index is 0.134. The van der Waals surface area contributed by atoms with Crippen molar-refractivity contribution in [2.45, 2.75) is 12.5 Å². The van der Waals surface area contributed by atoms with E-state index in [1.807, 2.05) is 11.6 Å². The summed E-state index contributed by atoms with van der Waals surface area (Å²) in [5, 5.41) is 10.9. The summed E-state index contributed by atoms with van der Waals surface area (Å²) in [6.07, 6.45) is 4.54. The number of rotatable bonds is 3. The Hall–Kier alpha value is -1.72. The predicted molar refractivity (Wildman–Crippen MR) is 67.7 cm³/mol. The van der Waals surface area contributed by atoms with E-state index in [2.05, 4.69) is 33.7 Å². The highest BCUT2D eigenvalue weighted by Crippen LogP contribution is 2.30. The summed E-state index contributed by atoms with van der Waals surface area (Å²) in [6, 6.07) is 6.31. The number of likely N-dealkylation sites (N-methyl/N-ethyl adjacent to an activating group) is 1. The van der Waals surface area contributed by atoms with E-state index < -0.39 is 0 Å². The zero-order valence-corrected chi connectivity index (χ0v) is 10.3. The number of nitrogens with one attached hydrogen (secondary N) is 1. The highest BCUT2D eigenvalue weighted by atomic mass is 16.5. The normalized spacial score (nSPS) is 18.6. The molecule has 5 nitrogen and oxygen atoms in total. The Bertz CT molecular complexity index is 524. The van der Waals surface area contributed by atoms with Crippen LogP contribution in [0.15, 0.2) is 30.9 Å². The predicted octanol–water partition coefficient (Wildman–Crippen LogP) is 1.10. The van der Waals surface area contributed by atoms with Gasteiger partial charge >= 0.3 is 0 Å². The second-order valence-electron chi connectivity index (χ2n) is 4.38. The van der Waals surface area contributed by atoms with Gasteiger partial charge in [-0.05, 0) is 30.7 Å². The highest BCUT2D eigenvalue weighted by Gasteiger charge is 2.22. The number of fused-ring (bicyclic) bond motifs is 1. The van der Waals surface area contributed by atoms with Crippen molar-refractivity contribution in [2.24, 2.45) is 0 Å². The van der Waals surface area contributed by atoms with Crippen molar-refractivity contribution in [3.05, 3.63) is 42.0 Å². The quantitative estimate of drug-likeness (QED) is 0.878. The molecule has 0 amide bonds. The third kappa shape index (κ3) is 1.91. The first-order valence-corrected chi connectivity index (χ1v) is 6.13. The molecule has 1 aromatic heterocycles. The van der Waals surface area contributed by atoms with Gasteiger partial charge in [-0.25, -0.2) is 0 Å². The molecule has 18 heavy (non-hydrogen) atoms. The molecule has 1 aliphatic heterocycles. The van der Waals surface area contributed by atoms with E-state index in [0.717, 1.165) is 25.3 Å². The van der Waals surface area contributed by atoms with E-state index in [4.69, 9.17) is 4.74 Å².